The minimum atomic E-state index is -0.0885. The molecule has 4 rings (SSSR count). The molecule has 3 heterocycles. The van der Waals surface area contributed by atoms with Gasteiger partial charge in [0.1, 0.15) is 5.69 Å². The van der Waals surface area contributed by atoms with Gasteiger partial charge in [-0.3, -0.25) is 9.78 Å². The summed E-state index contributed by atoms with van der Waals surface area (Å²) in [6, 6.07) is 7.66. The van der Waals surface area contributed by atoms with Crippen molar-refractivity contribution in [2.75, 3.05) is 19.6 Å². The molecule has 1 N–H and O–H groups in total. The fourth-order valence-corrected chi connectivity index (χ4v) is 3.84. The van der Waals surface area contributed by atoms with E-state index in [0.29, 0.717) is 10.7 Å². The molecule has 0 spiro atoms. The molecule has 2 bridgehead atoms. The average molecular weight is 316 g/mol. The molecule has 2 fully saturated rings. The highest BCUT2D eigenvalue weighted by Gasteiger charge is 2.33. The van der Waals surface area contributed by atoms with Crippen molar-refractivity contribution in [2.45, 2.75) is 18.9 Å². The van der Waals surface area contributed by atoms with Crippen LogP contribution in [0.15, 0.2) is 30.5 Å². The molecule has 1 aromatic carbocycles. The smallest absolute Gasteiger partial charge is 0.270 e. The second-order valence-electron chi connectivity index (χ2n) is 6.38. The molecule has 22 heavy (non-hydrogen) atoms. The number of pyridine rings is 1. The van der Waals surface area contributed by atoms with Crippen molar-refractivity contribution in [3.05, 3.63) is 41.2 Å². The molecular weight excluding hydrogens is 298 g/mol. The summed E-state index contributed by atoms with van der Waals surface area (Å²) in [6.07, 6.45) is 4.08. The van der Waals surface area contributed by atoms with Gasteiger partial charge in [-0.15, -0.1) is 0 Å². The highest BCUT2D eigenvalue weighted by atomic mass is 35.5. The van der Waals surface area contributed by atoms with E-state index in [-0.39, 0.29) is 11.9 Å². The van der Waals surface area contributed by atoms with Crippen molar-refractivity contribution >= 4 is 28.3 Å². The van der Waals surface area contributed by atoms with E-state index in [9.17, 15) is 4.79 Å². The fraction of sp³-hybridized carbons (Fsp3) is 0.412. The lowest BCUT2D eigenvalue weighted by Gasteiger charge is -2.30. The molecule has 2 aromatic rings. The number of fused-ring (bicyclic) bond motifs is 3. The highest BCUT2D eigenvalue weighted by molar-refractivity contribution is 6.31. The topological polar surface area (TPSA) is 45.2 Å². The summed E-state index contributed by atoms with van der Waals surface area (Å²) in [5, 5.41) is 5.74. The average Bonchev–Trinajstić information content (AvgIpc) is 2.85. The maximum Gasteiger partial charge on any atom is 0.270 e. The molecule has 1 aromatic heterocycles. The van der Waals surface area contributed by atoms with Crippen LogP contribution < -0.4 is 5.32 Å². The van der Waals surface area contributed by atoms with E-state index in [2.05, 4.69) is 15.2 Å². The van der Waals surface area contributed by atoms with Gasteiger partial charge in [0.25, 0.3) is 5.91 Å². The van der Waals surface area contributed by atoms with Gasteiger partial charge in [0, 0.05) is 35.7 Å². The second kappa shape index (κ2) is 5.52. The normalized spacial score (nSPS) is 27.0. The summed E-state index contributed by atoms with van der Waals surface area (Å²) in [5.41, 5.74) is 0.461. The Morgan fingerprint density at radius 3 is 3.05 bits per heavy atom. The molecule has 4 nitrogen and oxygen atoms in total. The van der Waals surface area contributed by atoms with E-state index >= 15 is 0 Å². The third-order valence-corrected chi connectivity index (χ3v) is 4.95. The van der Waals surface area contributed by atoms with Gasteiger partial charge >= 0.3 is 0 Å². The largest absolute Gasteiger partial charge is 0.347 e. The fourth-order valence-electron chi connectivity index (χ4n) is 3.66. The van der Waals surface area contributed by atoms with Gasteiger partial charge in [0.15, 0.2) is 0 Å². The molecule has 2 aliphatic heterocycles. The number of rotatable bonds is 2. The summed E-state index contributed by atoms with van der Waals surface area (Å²) in [6.45, 7) is 3.32. The van der Waals surface area contributed by atoms with E-state index in [4.69, 9.17) is 11.6 Å². The van der Waals surface area contributed by atoms with Gasteiger partial charge in [-0.1, -0.05) is 17.7 Å². The predicted molar refractivity (Wildman–Crippen MR) is 87.2 cm³/mol. The Morgan fingerprint density at radius 1 is 1.27 bits per heavy atom. The minimum Gasteiger partial charge on any atom is -0.347 e. The zero-order valence-electron chi connectivity index (χ0n) is 12.3. The van der Waals surface area contributed by atoms with Gasteiger partial charge in [0.2, 0.25) is 0 Å². The van der Waals surface area contributed by atoms with Crippen LogP contribution in [0.5, 0.6) is 0 Å². The van der Waals surface area contributed by atoms with Crippen molar-refractivity contribution in [1.29, 1.82) is 0 Å². The van der Waals surface area contributed by atoms with Crippen LogP contribution in [0.25, 0.3) is 10.8 Å². The summed E-state index contributed by atoms with van der Waals surface area (Å²) in [5.74, 6) is 0.650. The van der Waals surface area contributed by atoms with Crippen LogP contribution in [-0.2, 0) is 0 Å². The number of nitrogens with one attached hydrogen (secondary N) is 1. The SMILES string of the molecule is O=C(N[C@@H]1C[C@H]2CCN(C2)C1)c1cc2cc(Cl)ccc2cn1. The van der Waals surface area contributed by atoms with Crippen molar-refractivity contribution in [3.8, 4) is 0 Å². The van der Waals surface area contributed by atoms with Crippen LogP contribution in [0.4, 0.5) is 0 Å². The lowest BCUT2D eigenvalue weighted by atomic mass is 9.97. The van der Waals surface area contributed by atoms with Crippen LogP contribution in [-0.4, -0.2) is 41.5 Å². The Labute approximate surface area is 134 Å². The number of carbonyl (C=O) groups is 1. The monoisotopic (exact) mass is 315 g/mol. The van der Waals surface area contributed by atoms with Crippen LogP contribution in [0, 0.1) is 5.92 Å². The summed E-state index contributed by atoms with van der Waals surface area (Å²) in [4.78, 5) is 19.2. The third kappa shape index (κ3) is 2.69. The van der Waals surface area contributed by atoms with Crippen LogP contribution in [0.2, 0.25) is 5.02 Å². The molecule has 0 aliphatic carbocycles. The number of halogens is 1. The molecule has 2 saturated heterocycles. The Bertz CT molecular complexity index is 721. The highest BCUT2D eigenvalue weighted by Crippen LogP contribution is 2.27. The molecule has 5 heteroatoms. The zero-order chi connectivity index (χ0) is 15.1. The van der Waals surface area contributed by atoms with Gasteiger partial charge in [-0.05, 0) is 48.9 Å². The zero-order valence-corrected chi connectivity index (χ0v) is 13.0. The molecule has 3 atom stereocenters. The summed E-state index contributed by atoms with van der Waals surface area (Å²) in [7, 11) is 0. The van der Waals surface area contributed by atoms with E-state index in [0.717, 1.165) is 29.7 Å². The lowest BCUT2D eigenvalue weighted by molar-refractivity contribution is 0.0904. The first-order chi connectivity index (χ1) is 10.7. The van der Waals surface area contributed by atoms with Gasteiger partial charge in [-0.25, -0.2) is 0 Å². The van der Waals surface area contributed by atoms with Crippen molar-refractivity contribution in [2.24, 2.45) is 5.92 Å². The van der Waals surface area contributed by atoms with Crippen LogP contribution in [0.3, 0.4) is 0 Å². The molecule has 0 saturated carbocycles. The first kappa shape index (κ1) is 14.0. The summed E-state index contributed by atoms with van der Waals surface area (Å²) < 4.78 is 0. The number of hydrogen-bond donors (Lipinski definition) is 1. The van der Waals surface area contributed by atoms with Gasteiger partial charge < -0.3 is 10.2 Å². The summed E-state index contributed by atoms with van der Waals surface area (Å²) >= 11 is 6.02. The Balaban J connectivity index is 1.52. The van der Waals surface area contributed by atoms with Crippen molar-refractivity contribution in [3.63, 3.8) is 0 Å². The maximum atomic E-state index is 12.5. The lowest BCUT2D eigenvalue weighted by Crippen LogP contribution is -2.47. The Kier molecular flexibility index (Phi) is 3.51. The molecule has 1 unspecified atom stereocenters. The van der Waals surface area contributed by atoms with Crippen LogP contribution >= 0.6 is 11.6 Å². The number of nitrogens with zero attached hydrogens (tertiary/aromatic N) is 2. The Hall–Kier alpha value is -1.65. The van der Waals surface area contributed by atoms with Gasteiger partial charge in [0.05, 0.1) is 0 Å². The number of piperidine rings is 1. The first-order valence-electron chi connectivity index (χ1n) is 7.76. The van der Waals surface area contributed by atoms with Gasteiger partial charge in [-0.2, -0.15) is 0 Å². The van der Waals surface area contributed by atoms with E-state index in [1.165, 1.54) is 19.5 Å². The number of hydrogen-bond acceptors (Lipinski definition) is 3. The van der Waals surface area contributed by atoms with Crippen molar-refractivity contribution < 1.29 is 4.79 Å². The number of benzene rings is 1. The first-order valence-corrected chi connectivity index (χ1v) is 8.14. The number of aromatic nitrogens is 1. The van der Waals surface area contributed by atoms with E-state index in [1.54, 1.807) is 6.20 Å². The number of amides is 1. The minimum absolute atomic E-state index is 0.0885. The van der Waals surface area contributed by atoms with Crippen LogP contribution in [0.1, 0.15) is 23.3 Å². The molecule has 114 valence electrons. The second-order valence-corrected chi connectivity index (χ2v) is 6.82. The number of carbonyl (C=O) groups excluding carboxylic acids is 1. The molecular formula is C17H18ClN3O. The molecule has 0 radical (unpaired) electrons. The Morgan fingerprint density at radius 2 is 2.18 bits per heavy atom. The molecule has 2 aliphatic rings. The molecule has 1 amide bonds. The van der Waals surface area contributed by atoms with E-state index < -0.39 is 0 Å². The maximum absolute atomic E-state index is 12.5. The predicted octanol–water partition coefficient (Wildman–Crippen LogP) is 2.71. The van der Waals surface area contributed by atoms with Crippen molar-refractivity contribution in [1.82, 2.24) is 15.2 Å². The standard InChI is InChI=1S/C17H18ClN3O/c18-14-2-1-12-8-19-16(7-13(12)6-14)17(22)20-15-5-11-3-4-21(9-11)10-15/h1-2,6-8,11,15H,3-5,9-10H2,(H,20,22)/t11-,15-/m1/s1. The quantitative estimate of drug-likeness (QED) is 0.927. The third-order valence-electron chi connectivity index (χ3n) is 4.72. The van der Waals surface area contributed by atoms with E-state index in [1.807, 2.05) is 24.3 Å².